The lowest BCUT2D eigenvalue weighted by Gasteiger charge is -2.44. The van der Waals surface area contributed by atoms with Gasteiger partial charge in [-0.2, -0.15) is 0 Å². The summed E-state index contributed by atoms with van der Waals surface area (Å²) in [6.45, 7) is 2.23. The van der Waals surface area contributed by atoms with Crippen molar-refractivity contribution < 1.29 is 13.9 Å². The SMILES string of the molecule is CSNC(=O)c1cc(C2CC2)c(OCC2CN([C@@H](c3ccccc3)c3ccccc3Cl)C2)cc1F. The van der Waals surface area contributed by atoms with Crippen LogP contribution in [-0.2, 0) is 0 Å². The molecule has 3 aromatic rings. The van der Waals surface area contributed by atoms with Gasteiger partial charge in [0.15, 0.2) is 0 Å². The number of ether oxygens (including phenoxy) is 1. The van der Waals surface area contributed by atoms with Gasteiger partial charge < -0.3 is 4.74 Å². The minimum atomic E-state index is -0.547. The van der Waals surface area contributed by atoms with E-state index in [-0.39, 0.29) is 11.6 Å². The number of carbonyl (C=O) groups excluding carboxylic acids is 1. The van der Waals surface area contributed by atoms with Crippen molar-refractivity contribution in [3.63, 3.8) is 0 Å². The van der Waals surface area contributed by atoms with Crippen LogP contribution in [0.2, 0.25) is 5.02 Å². The molecule has 1 atom stereocenters. The van der Waals surface area contributed by atoms with E-state index >= 15 is 0 Å². The maximum atomic E-state index is 14.7. The topological polar surface area (TPSA) is 41.6 Å². The second-order valence-corrected chi connectivity index (χ2v) is 10.3. The van der Waals surface area contributed by atoms with Gasteiger partial charge in [-0.25, -0.2) is 4.39 Å². The predicted molar refractivity (Wildman–Crippen MR) is 140 cm³/mol. The number of benzene rings is 3. The number of hydrogen-bond acceptors (Lipinski definition) is 4. The molecule has 35 heavy (non-hydrogen) atoms. The third kappa shape index (κ3) is 5.35. The van der Waals surface area contributed by atoms with Gasteiger partial charge in [0.2, 0.25) is 0 Å². The molecule has 1 N–H and O–H groups in total. The average molecular weight is 511 g/mol. The van der Waals surface area contributed by atoms with Crippen molar-refractivity contribution >= 4 is 29.5 Å². The molecule has 7 heteroatoms. The fraction of sp³-hybridized carbons (Fsp3) is 0.321. The zero-order chi connectivity index (χ0) is 24.4. The maximum absolute atomic E-state index is 14.7. The molecule has 1 saturated carbocycles. The third-order valence-electron chi connectivity index (χ3n) is 6.70. The number of nitrogens with zero attached hydrogens (tertiary/aromatic N) is 1. The van der Waals surface area contributed by atoms with Crippen molar-refractivity contribution in [1.82, 2.24) is 9.62 Å². The van der Waals surface area contributed by atoms with Crippen LogP contribution >= 0.6 is 23.5 Å². The van der Waals surface area contributed by atoms with Gasteiger partial charge in [-0.05, 0) is 47.6 Å². The standard InChI is InChI=1S/C28H28ClFN2O2S/c1-35-31-28(33)23-13-22(19-11-12-19)26(14-25(23)30)34-17-18-15-32(16-18)27(20-7-3-2-4-8-20)21-9-5-6-10-24(21)29/h2-10,13-14,18-19,27H,11-12,15-17H2,1H3,(H,31,33)/t27-/m0/s1. The summed E-state index contributed by atoms with van der Waals surface area (Å²) in [6, 6.07) is 21.5. The van der Waals surface area contributed by atoms with Crippen LogP contribution in [0.4, 0.5) is 4.39 Å². The molecule has 2 fully saturated rings. The highest BCUT2D eigenvalue weighted by Crippen LogP contribution is 2.45. The zero-order valence-corrected chi connectivity index (χ0v) is 21.1. The highest BCUT2D eigenvalue weighted by atomic mass is 35.5. The minimum Gasteiger partial charge on any atom is -0.493 e. The average Bonchev–Trinajstić information content (AvgIpc) is 3.67. The van der Waals surface area contributed by atoms with E-state index in [1.165, 1.54) is 11.6 Å². The Kier molecular flexibility index (Phi) is 7.32. The molecule has 0 bridgehead atoms. The molecule has 182 valence electrons. The van der Waals surface area contributed by atoms with Crippen LogP contribution in [0, 0.1) is 11.7 Å². The first-order valence-corrected chi connectivity index (χ1v) is 13.5. The molecule has 0 radical (unpaired) electrons. The molecule has 0 spiro atoms. The first kappa shape index (κ1) is 24.2. The van der Waals surface area contributed by atoms with Crippen LogP contribution in [0.1, 0.15) is 51.8 Å². The van der Waals surface area contributed by atoms with Gasteiger partial charge in [0.1, 0.15) is 11.6 Å². The lowest BCUT2D eigenvalue weighted by Crippen LogP contribution is -2.51. The van der Waals surface area contributed by atoms with Crippen LogP contribution in [0.3, 0.4) is 0 Å². The summed E-state index contributed by atoms with van der Waals surface area (Å²) in [6.07, 6.45) is 3.82. The summed E-state index contributed by atoms with van der Waals surface area (Å²) >= 11 is 7.74. The molecule has 1 aliphatic heterocycles. The van der Waals surface area contributed by atoms with E-state index in [1.54, 1.807) is 12.3 Å². The third-order valence-corrected chi connectivity index (χ3v) is 7.43. The fourth-order valence-electron chi connectivity index (χ4n) is 4.78. The summed E-state index contributed by atoms with van der Waals surface area (Å²) in [5.41, 5.74) is 3.31. The van der Waals surface area contributed by atoms with Crippen molar-refractivity contribution in [2.45, 2.75) is 24.8 Å². The van der Waals surface area contributed by atoms with Crippen LogP contribution in [0.15, 0.2) is 66.7 Å². The van der Waals surface area contributed by atoms with E-state index in [0.29, 0.717) is 24.2 Å². The number of amides is 1. The molecular weight excluding hydrogens is 483 g/mol. The van der Waals surface area contributed by atoms with E-state index in [1.807, 2.05) is 24.3 Å². The molecular formula is C28H28ClFN2O2S. The Labute approximate surface area is 214 Å². The van der Waals surface area contributed by atoms with Crippen molar-refractivity contribution in [2.75, 3.05) is 26.0 Å². The van der Waals surface area contributed by atoms with Crippen molar-refractivity contribution in [3.05, 3.63) is 99.8 Å². The summed E-state index contributed by atoms with van der Waals surface area (Å²) in [4.78, 5) is 14.6. The fourth-order valence-corrected chi connectivity index (χ4v) is 5.32. The molecule has 0 unspecified atom stereocenters. The second kappa shape index (κ2) is 10.6. The van der Waals surface area contributed by atoms with Gasteiger partial charge in [0.05, 0.1) is 18.2 Å². The second-order valence-electron chi connectivity index (χ2n) is 9.25. The largest absolute Gasteiger partial charge is 0.493 e. The van der Waals surface area contributed by atoms with E-state index < -0.39 is 11.7 Å². The Balaban J connectivity index is 1.28. The zero-order valence-electron chi connectivity index (χ0n) is 19.5. The van der Waals surface area contributed by atoms with E-state index in [0.717, 1.165) is 54.0 Å². The number of hydrogen-bond donors (Lipinski definition) is 1. The number of rotatable bonds is 9. The summed E-state index contributed by atoms with van der Waals surface area (Å²) in [5.74, 6) is 0.277. The van der Waals surface area contributed by atoms with Crippen LogP contribution in [-0.4, -0.2) is 36.8 Å². The predicted octanol–water partition coefficient (Wildman–Crippen LogP) is 6.46. The number of carbonyl (C=O) groups is 1. The van der Waals surface area contributed by atoms with E-state index in [4.69, 9.17) is 16.3 Å². The molecule has 5 rings (SSSR count). The highest BCUT2D eigenvalue weighted by molar-refractivity contribution is 7.97. The van der Waals surface area contributed by atoms with Gasteiger partial charge in [0, 0.05) is 36.4 Å². The summed E-state index contributed by atoms with van der Waals surface area (Å²) in [5, 5.41) is 0.760. The van der Waals surface area contributed by atoms with Gasteiger partial charge in [-0.1, -0.05) is 72.1 Å². The smallest absolute Gasteiger partial charge is 0.264 e. The minimum absolute atomic E-state index is 0.0777. The Hall–Kier alpha value is -2.54. The van der Waals surface area contributed by atoms with Gasteiger partial charge in [-0.3, -0.25) is 14.4 Å². The van der Waals surface area contributed by atoms with Crippen LogP contribution < -0.4 is 9.46 Å². The molecule has 1 heterocycles. The van der Waals surface area contributed by atoms with Gasteiger partial charge in [-0.15, -0.1) is 0 Å². The van der Waals surface area contributed by atoms with Crippen molar-refractivity contribution in [2.24, 2.45) is 5.92 Å². The normalized spacial score (nSPS) is 17.0. The van der Waals surface area contributed by atoms with Crippen LogP contribution in [0.5, 0.6) is 5.75 Å². The molecule has 1 amide bonds. The number of likely N-dealkylation sites (tertiary alicyclic amines) is 1. The van der Waals surface area contributed by atoms with E-state index in [2.05, 4.69) is 40.0 Å². The number of halogens is 2. The summed E-state index contributed by atoms with van der Waals surface area (Å²) < 4.78 is 23.5. The molecule has 1 saturated heterocycles. The van der Waals surface area contributed by atoms with Gasteiger partial charge >= 0.3 is 0 Å². The highest BCUT2D eigenvalue weighted by Gasteiger charge is 2.36. The maximum Gasteiger partial charge on any atom is 0.264 e. The summed E-state index contributed by atoms with van der Waals surface area (Å²) in [7, 11) is 0. The van der Waals surface area contributed by atoms with Crippen LogP contribution in [0.25, 0.3) is 0 Å². The molecule has 2 aliphatic rings. The molecule has 3 aromatic carbocycles. The number of nitrogens with one attached hydrogen (secondary N) is 1. The van der Waals surface area contributed by atoms with E-state index in [9.17, 15) is 9.18 Å². The Bertz CT molecular complexity index is 1200. The lowest BCUT2D eigenvalue weighted by molar-refractivity contribution is 0.0376. The van der Waals surface area contributed by atoms with Crippen molar-refractivity contribution in [3.8, 4) is 5.75 Å². The first-order chi connectivity index (χ1) is 17.0. The first-order valence-electron chi connectivity index (χ1n) is 11.9. The molecule has 0 aromatic heterocycles. The van der Waals surface area contributed by atoms with Gasteiger partial charge in [0.25, 0.3) is 5.91 Å². The molecule has 4 nitrogen and oxygen atoms in total. The molecule has 1 aliphatic carbocycles. The quantitative estimate of drug-likeness (QED) is 0.335. The Morgan fingerprint density at radius 2 is 1.86 bits per heavy atom. The van der Waals surface area contributed by atoms with Crippen molar-refractivity contribution in [1.29, 1.82) is 0 Å². The lowest BCUT2D eigenvalue weighted by atomic mass is 9.90. The Morgan fingerprint density at radius 3 is 2.54 bits per heavy atom. The Morgan fingerprint density at radius 1 is 1.14 bits per heavy atom. The monoisotopic (exact) mass is 510 g/mol.